The lowest BCUT2D eigenvalue weighted by atomic mass is 9.98. The lowest BCUT2D eigenvalue weighted by Crippen LogP contribution is -2.34. The van der Waals surface area contributed by atoms with Crippen molar-refractivity contribution in [3.8, 4) is 11.1 Å². The summed E-state index contributed by atoms with van der Waals surface area (Å²) >= 11 is 0. The smallest absolute Gasteiger partial charge is 0.407 e. The van der Waals surface area contributed by atoms with E-state index in [2.05, 4.69) is 34.9 Å². The molecule has 0 unspecified atom stereocenters. The van der Waals surface area contributed by atoms with Gasteiger partial charge in [0.15, 0.2) is 0 Å². The molecule has 1 aliphatic rings. The Morgan fingerprint density at radius 2 is 1.26 bits per heavy atom. The fourth-order valence-corrected chi connectivity index (χ4v) is 3.74. The number of rotatable bonds is 11. The van der Waals surface area contributed by atoms with Gasteiger partial charge in [-0.2, -0.15) is 0 Å². The van der Waals surface area contributed by atoms with E-state index < -0.39 is 17.8 Å². The lowest BCUT2D eigenvalue weighted by molar-refractivity contribution is 0.0400. The number of carbonyl (C=O) groups excluding carboxylic acids is 2. The predicted molar refractivity (Wildman–Crippen MR) is 129 cm³/mol. The van der Waals surface area contributed by atoms with Gasteiger partial charge in [0.25, 0.3) is 0 Å². The van der Waals surface area contributed by atoms with Gasteiger partial charge in [-0.15, -0.1) is 0 Å². The Morgan fingerprint density at radius 1 is 0.765 bits per heavy atom. The van der Waals surface area contributed by atoms with E-state index in [1.807, 2.05) is 45.0 Å². The molecule has 2 aromatic carbocycles. The molecule has 8 nitrogen and oxygen atoms in total. The van der Waals surface area contributed by atoms with Crippen molar-refractivity contribution >= 4 is 12.2 Å². The molecule has 0 spiro atoms. The largest absolute Gasteiger partial charge is 0.449 e. The summed E-state index contributed by atoms with van der Waals surface area (Å²) in [6.07, 6.45) is -0.929. The predicted octanol–water partition coefficient (Wildman–Crippen LogP) is 4.08. The lowest BCUT2D eigenvalue weighted by Gasteiger charge is -2.19. The summed E-state index contributed by atoms with van der Waals surface area (Å²) < 4.78 is 21.4. The Balaban J connectivity index is 1.23. The Labute approximate surface area is 200 Å². The number of amides is 2. The normalized spacial score (nSPS) is 12.6. The van der Waals surface area contributed by atoms with Gasteiger partial charge < -0.3 is 29.6 Å². The zero-order chi connectivity index (χ0) is 24.4. The summed E-state index contributed by atoms with van der Waals surface area (Å²) in [7, 11) is 0. The van der Waals surface area contributed by atoms with Gasteiger partial charge in [-0.25, -0.2) is 9.59 Å². The van der Waals surface area contributed by atoms with Crippen LogP contribution < -0.4 is 10.6 Å². The fraction of sp³-hybridized carbons (Fsp3) is 0.462. The van der Waals surface area contributed by atoms with Crippen LogP contribution in [0.25, 0.3) is 11.1 Å². The molecule has 0 aromatic heterocycles. The summed E-state index contributed by atoms with van der Waals surface area (Å²) in [6.45, 7) is 7.90. The Morgan fingerprint density at radius 3 is 1.79 bits per heavy atom. The van der Waals surface area contributed by atoms with E-state index in [1.54, 1.807) is 0 Å². The van der Waals surface area contributed by atoms with E-state index >= 15 is 0 Å². The molecule has 0 radical (unpaired) electrons. The molecule has 0 saturated carbocycles. The van der Waals surface area contributed by atoms with Crippen LogP contribution in [-0.4, -0.2) is 63.9 Å². The van der Waals surface area contributed by atoms with Crippen molar-refractivity contribution in [3.63, 3.8) is 0 Å². The molecule has 0 fully saturated rings. The second-order valence-corrected chi connectivity index (χ2v) is 8.91. The third-order valence-electron chi connectivity index (χ3n) is 5.15. The highest BCUT2D eigenvalue weighted by Gasteiger charge is 2.28. The molecule has 0 saturated heterocycles. The standard InChI is InChI=1S/C26H34N2O6/c1-26(2,3)34-25(30)28-13-15-32-17-16-31-14-12-27-24(29)33-18-23-21-10-6-4-8-19(21)20-9-5-7-11-22(20)23/h4-11,23H,12-18H2,1-3H3,(H,27,29)(H,28,30). The molecule has 1 aliphatic carbocycles. The molecule has 0 atom stereocenters. The molecule has 0 aliphatic heterocycles. The van der Waals surface area contributed by atoms with Crippen LogP contribution in [0.2, 0.25) is 0 Å². The SMILES string of the molecule is CC(C)(C)OC(=O)NCCOCCOCCNC(=O)OCC1c2ccccc2-c2ccccc21. The zero-order valence-corrected chi connectivity index (χ0v) is 20.1. The fourth-order valence-electron chi connectivity index (χ4n) is 3.74. The second-order valence-electron chi connectivity index (χ2n) is 8.91. The van der Waals surface area contributed by atoms with Gasteiger partial charge in [0.2, 0.25) is 0 Å². The number of alkyl carbamates (subject to hydrolysis) is 2. The van der Waals surface area contributed by atoms with Crippen LogP contribution >= 0.6 is 0 Å². The molecule has 0 bridgehead atoms. The van der Waals surface area contributed by atoms with Crippen LogP contribution in [0.5, 0.6) is 0 Å². The first-order chi connectivity index (χ1) is 16.3. The number of nitrogens with one attached hydrogen (secondary N) is 2. The van der Waals surface area contributed by atoms with Crippen molar-refractivity contribution in [1.82, 2.24) is 10.6 Å². The van der Waals surface area contributed by atoms with Crippen molar-refractivity contribution in [2.45, 2.75) is 32.3 Å². The summed E-state index contributed by atoms with van der Waals surface area (Å²) in [5, 5.41) is 5.33. The molecule has 0 heterocycles. The molecule has 184 valence electrons. The maximum absolute atomic E-state index is 12.1. The number of benzene rings is 2. The van der Waals surface area contributed by atoms with E-state index in [9.17, 15) is 9.59 Å². The van der Waals surface area contributed by atoms with Gasteiger partial charge >= 0.3 is 12.2 Å². The van der Waals surface area contributed by atoms with Crippen molar-refractivity contribution in [2.75, 3.05) is 46.1 Å². The number of carbonyl (C=O) groups is 2. The Bertz CT molecular complexity index is 911. The third-order valence-corrected chi connectivity index (χ3v) is 5.15. The van der Waals surface area contributed by atoms with Gasteiger partial charge in [0.05, 0.1) is 26.4 Å². The monoisotopic (exact) mass is 470 g/mol. The number of ether oxygens (including phenoxy) is 4. The molecule has 34 heavy (non-hydrogen) atoms. The summed E-state index contributed by atoms with van der Waals surface area (Å²) in [5.41, 5.74) is 4.24. The Kier molecular flexibility index (Phi) is 9.30. The average molecular weight is 471 g/mol. The van der Waals surface area contributed by atoms with Crippen LogP contribution in [0, 0.1) is 0 Å². The highest BCUT2D eigenvalue weighted by Crippen LogP contribution is 2.44. The van der Waals surface area contributed by atoms with Crippen LogP contribution in [-0.2, 0) is 18.9 Å². The summed E-state index contributed by atoms with van der Waals surface area (Å²) in [6, 6.07) is 16.5. The van der Waals surface area contributed by atoms with Crippen LogP contribution in [0.1, 0.15) is 37.8 Å². The summed E-state index contributed by atoms with van der Waals surface area (Å²) in [5.74, 6) is 0.0383. The molecule has 2 amide bonds. The van der Waals surface area contributed by atoms with Crippen molar-refractivity contribution in [2.24, 2.45) is 0 Å². The zero-order valence-electron chi connectivity index (χ0n) is 20.1. The molecule has 8 heteroatoms. The molecule has 2 N–H and O–H groups in total. The summed E-state index contributed by atoms with van der Waals surface area (Å²) in [4.78, 5) is 23.6. The molecular formula is C26H34N2O6. The molecule has 2 aromatic rings. The minimum atomic E-state index is -0.521. The van der Waals surface area contributed by atoms with Gasteiger partial charge in [0, 0.05) is 19.0 Å². The van der Waals surface area contributed by atoms with Gasteiger partial charge in [-0.3, -0.25) is 0 Å². The van der Waals surface area contributed by atoms with Gasteiger partial charge in [-0.05, 0) is 43.0 Å². The highest BCUT2D eigenvalue weighted by atomic mass is 16.6. The van der Waals surface area contributed by atoms with Crippen LogP contribution in [0.3, 0.4) is 0 Å². The van der Waals surface area contributed by atoms with E-state index in [0.717, 1.165) is 0 Å². The topological polar surface area (TPSA) is 95.1 Å². The number of hydrogen-bond donors (Lipinski definition) is 2. The molecule has 3 rings (SSSR count). The average Bonchev–Trinajstić information content (AvgIpc) is 3.11. The van der Waals surface area contributed by atoms with Crippen LogP contribution in [0.4, 0.5) is 9.59 Å². The Hall–Kier alpha value is -3.10. The third kappa shape index (κ3) is 7.74. The van der Waals surface area contributed by atoms with Crippen LogP contribution in [0.15, 0.2) is 48.5 Å². The maximum atomic E-state index is 12.1. The van der Waals surface area contributed by atoms with Crippen molar-refractivity contribution in [1.29, 1.82) is 0 Å². The first-order valence-electron chi connectivity index (χ1n) is 11.6. The maximum Gasteiger partial charge on any atom is 0.407 e. The van der Waals surface area contributed by atoms with E-state index in [1.165, 1.54) is 22.3 Å². The van der Waals surface area contributed by atoms with Gasteiger partial charge in [-0.1, -0.05) is 48.5 Å². The molecular weight excluding hydrogens is 436 g/mol. The minimum absolute atomic E-state index is 0.0383. The first kappa shape index (κ1) is 25.5. The number of fused-ring (bicyclic) bond motifs is 3. The van der Waals surface area contributed by atoms with Gasteiger partial charge in [0.1, 0.15) is 12.2 Å². The van der Waals surface area contributed by atoms with Crippen molar-refractivity contribution < 1.29 is 28.5 Å². The van der Waals surface area contributed by atoms with E-state index in [4.69, 9.17) is 18.9 Å². The minimum Gasteiger partial charge on any atom is -0.449 e. The highest BCUT2D eigenvalue weighted by molar-refractivity contribution is 5.79. The van der Waals surface area contributed by atoms with E-state index in [0.29, 0.717) is 39.5 Å². The quantitative estimate of drug-likeness (QED) is 0.481. The van der Waals surface area contributed by atoms with E-state index in [-0.39, 0.29) is 12.5 Å². The van der Waals surface area contributed by atoms with Crippen molar-refractivity contribution in [3.05, 3.63) is 59.7 Å². The number of hydrogen-bond acceptors (Lipinski definition) is 6. The second kappa shape index (κ2) is 12.4. The first-order valence-corrected chi connectivity index (χ1v) is 11.6.